The first-order valence-electron chi connectivity index (χ1n) is 9.80. The number of benzene rings is 1. The van der Waals surface area contributed by atoms with Gasteiger partial charge in [0, 0.05) is 31.5 Å². The molecule has 1 fully saturated rings. The summed E-state index contributed by atoms with van der Waals surface area (Å²) >= 11 is 0. The van der Waals surface area contributed by atoms with Crippen molar-refractivity contribution < 1.29 is 19.2 Å². The Bertz CT molecular complexity index is 966. The Morgan fingerprint density at radius 3 is 2.27 bits per heavy atom. The van der Waals surface area contributed by atoms with Crippen LogP contribution in [-0.4, -0.2) is 68.6 Å². The first-order valence-corrected chi connectivity index (χ1v) is 9.80. The van der Waals surface area contributed by atoms with E-state index in [9.17, 15) is 19.2 Å². The van der Waals surface area contributed by atoms with Crippen molar-refractivity contribution in [1.29, 1.82) is 0 Å². The molecular formula is C21H21N5O4. The van der Waals surface area contributed by atoms with Gasteiger partial charge in [0.2, 0.25) is 5.91 Å². The molecule has 9 heteroatoms. The number of aromatic nitrogens is 2. The predicted octanol–water partition coefficient (Wildman–Crippen LogP) is 0.882. The molecule has 1 aromatic carbocycles. The molecule has 0 aliphatic carbocycles. The molecule has 1 N–H and O–H groups in total. The van der Waals surface area contributed by atoms with E-state index in [1.54, 1.807) is 36.1 Å². The van der Waals surface area contributed by atoms with Crippen LogP contribution in [0.2, 0.25) is 0 Å². The summed E-state index contributed by atoms with van der Waals surface area (Å²) in [5.41, 5.74) is 0.899. The lowest BCUT2D eigenvalue weighted by atomic mass is 10.0. The van der Waals surface area contributed by atoms with Gasteiger partial charge in [-0.2, -0.15) is 0 Å². The summed E-state index contributed by atoms with van der Waals surface area (Å²) in [5.74, 6) is -1.46. The van der Waals surface area contributed by atoms with Crippen molar-refractivity contribution in [2.24, 2.45) is 0 Å². The molecule has 0 saturated carbocycles. The highest BCUT2D eigenvalue weighted by Gasteiger charge is 2.42. The molecular weight excluding hydrogens is 386 g/mol. The average Bonchev–Trinajstić information content (AvgIpc) is 3.04. The minimum Gasteiger partial charge on any atom is -0.348 e. The Morgan fingerprint density at radius 2 is 1.70 bits per heavy atom. The maximum atomic E-state index is 13.0. The van der Waals surface area contributed by atoms with Crippen LogP contribution in [0.25, 0.3) is 0 Å². The Balaban J connectivity index is 1.35. The van der Waals surface area contributed by atoms with Gasteiger partial charge in [0.15, 0.2) is 0 Å². The van der Waals surface area contributed by atoms with Gasteiger partial charge in [-0.05, 0) is 31.9 Å². The van der Waals surface area contributed by atoms with Crippen LogP contribution in [0.3, 0.4) is 0 Å². The fraction of sp³-hybridized carbons (Fsp3) is 0.333. The number of amides is 4. The smallest absolute Gasteiger partial charge is 0.271 e. The molecule has 154 valence electrons. The zero-order chi connectivity index (χ0) is 21.3. The molecule has 2 aliphatic rings. The number of carbonyl (C=O) groups excluding carboxylic acids is 4. The molecule has 4 rings (SSSR count). The number of fused-ring (bicyclic) bond motifs is 1. The largest absolute Gasteiger partial charge is 0.348 e. The van der Waals surface area contributed by atoms with E-state index in [1.165, 1.54) is 18.6 Å². The predicted molar refractivity (Wildman–Crippen MR) is 106 cm³/mol. The maximum absolute atomic E-state index is 13.0. The number of carbonyl (C=O) groups is 4. The van der Waals surface area contributed by atoms with Crippen LogP contribution >= 0.6 is 0 Å². The van der Waals surface area contributed by atoms with Gasteiger partial charge >= 0.3 is 0 Å². The first kappa shape index (κ1) is 19.7. The second-order valence-electron chi connectivity index (χ2n) is 7.37. The van der Waals surface area contributed by atoms with Crippen LogP contribution in [0.1, 0.15) is 51.0 Å². The molecule has 2 aromatic rings. The summed E-state index contributed by atoms with van der Waals surface area (Å²) in [6, 6.07) is 5.61. The van der Waals surface area contributed by atoms with Crippen molar-refractivity contribution in [3.8, 4) is 0 Å². The minimum absolute atomic E-state index is 0.0850. The fourth-order valence-electron chi connectivity index (χ4n) is 3.85. The second kappa shape index (κ2) is 8.02. The molecule has 0 spiro atoms. The monoisotopic (exact) mass is 407 g/mol. The van der Waals surface area contributed by atoms with E-state index >= 15 is 0 Å². The van der Waals surface area contributed by atoms with E-state index in [4.69, 9.17) is 0 Å². The van der Waals surface area contributed by atoms with E-state index in [2.05, 4.69) is 15.3 Å². The van der Waals surface area contributed by atoms with Gasteiger partial charge in [0.05, 0.1) is 17.3 Å². The lowest BCUT2D eigenvalue weighted by molar-refractivity contribution is -0.136. The number of hydrogen-bond donors (Lipinski definition) is 1. The summed E-state index contributed by atoms with van der Waals surface area (Å²) in [4.78, 5) is 60.9. The Morgan fingerprint density at radius 1 is 1.07 bits per heavy atom. The second-order valence-corrected chi connectivity index (χ2v) is 7.37. The van der Waals surface area contributed by atoms with Gasteiger partial charge in [-0.15, -0.1) is 0 Å². The molecule has 4 amide bonds. The van der Waals surface area contributed by atoms with Gasteiger partial charge in [-0.25, -0.2) is 4.98 Å². The highest BCUT2D eigenvalue weighted by Crippen LogP contribution is 2.25. The summed E-state index contributed by atoms with van der Waals surface area (Å²) in [5, 5.41) is 2.91. The number of rotatable bonds is 4. The zero-order valence-corrected chi connectivity index (χ0v) is 16.4. The van der Waals surface area contributed by atoms with Gasteiger partial charge < -0.3 is 10.2 Å². The molecule has 1 unspecified atom stereocenters. The van der Waals surface area contributed by atoms with Crippen molar-refractivity contribution in [2.75, 3.05) is 13.1 Å². The molecule has 1 aromatic heterocycles. The van der Waals surface area contributed by atoms with Crippen LogP contribution in [0.15, 0.2) is 42.9 Å². The molecule has 0 radical (unpaired) electrons. The highest BCUT2D eigenvalue weighted by molar-refractivity contribution is 6.22. The van der Waals surface area contributed by atoms with Crippen molar-refractivity contribution >= 4 is 23.6 Å². The topological polar surface area (TPSA) is 113 Å². The van der Waals surface area contributed by atoms with Crippen LogP contribution in [-0.2, 0) is 4.79 Å². The van der Waals surface area contributed by atoms with Crippen LogP contribution in [0.5, 0.6) is 0 Å². The van der Waals surface area contributed by atoms with Crippen LogP contribution < -0.4 is 5.32 Å². The van der Waals surface area contributed by atoms with Crippen molar-refractivity contribution in [2.45, 2.75) is 31.8 Å². The Kier molecular flexibility index (Phi) is 5.26. The standard InChI is InChI=1S/C21H21N5O4/c1-13(26-20(29)15-4-2-3-5-16(15)21(26)30)19(28)25-10-6-14(7-11-25)24-18(27)17-12-22-8-9-23-17/h2-5,8-9,12-14H,6-7,10-11H2,1H3,(H,24,27). The SMILES string of the molecule is CC(C(=O)N1CCC(NC(=O)c2cnccn2)CC1)N1C(=O)c2ccccc2C1=O. The summed E-state index contributed by atoms with van der Waals surface area (Å²) in [7, 11) is 0. The molecule has 30 heavy (non-hydrogen) atoms. The summed E-state index contributed by atoms with van der Waals surface area (Å²) in [6.07, 6.45) is 5.50. The number of piperidine rings is 1. The van der Waals surface area contributed by atoms with Crippen molar-refractivity contribution in [3.63, 3.8) is 0 Å². The molecule has 2 aliphatic heterocycles. The Hall–Kier alpha value is -3.62. The number of nitrogens with one attached hydrogen (secondary N) is 1. The van der Waals surface area contributed by atoms with Gasteiger partial charge in [0.25, 0.3) is 17.7 Å². The number of imide groups is 1. The molecule has 1 saturated heterocycles. The highest BCUT2D eigenvalue weighted by atomic mass is 16.2. The lowest BCUT2D eigenvalue weighted by Gasteiger charge is -2.35. The van der Waals surface area contributed by atoms with E-state index in [0.29, 0.717) is 37.1 Å². The van der Waals surface area contributed by atoms with E-state index < -0.39 is 17.9 Å². The lowest BCUT2D eigenvalue weighted by Crippen LogP contribution is -2.53. The molecule has 9 nitrogen and oxygen atoms in total. The summed E-state index contributed by atoms with van der Waals surface area (Å²) < 4.78 is 0. The van der Waals surface area contributed by atoms with E-state index in [1.807, 2.05) is 0 Å². The quantitative estimate of drug-likeness (QED) is 0.753. The van der Waals surface area contributed by atoms with Gasteiger partial charge in [-0.1, -0.05) is 12.1 Å². The van der Waals surface area contributed by atoms with Gasteiger partial charge in [-0.3, -0.25) is 29.1 Å². The van der Waals surface area contributed by atoms with Crippen LogP contribution in [0.4, 0.5) is 0 Å². The number of nitrogens with zero attached hydrogens (tertiary/aromatic N) is 4. The van der Waals surface area contributed by atoms with Crippen molar-refractivity contribution in [3.05, 3.63) is 59.7 Å². The number of hydrogen-bond acceptors (Lipinski definition) is 6. The van der Waals surface area contributed by atoms with E-state index in [0.717, 1.165) is 4.90 Å². The average molecular weight is 407 g/mol. The molecule has 0 bridgehead atoms. The fourth-order valence-corrected chi connectivity index (χ4v) is 3.85. The zero-order valence-electron chi connectivity index (χ0n) is 16.4. The van der Waals surface area contributed by atoms with E-state index in [-0.39, 0.29) is 23.6 Å². The summed E-state index contributed by atoms with van der Waals surface area (Å²) in [6.45, 7) is 2.43. The molecule has 1 atom stereocenters. The van der Waals surface area contributed by atoms with Crippen molar-refractivity contribution in [1.82, 2.24) is 25.1 Å². The maximum Gasteiger partial charge on any atom is 0.271 e. The third kappa shape index (κ3) is 3.54. The normalized spacial score (nSPS) is 17.6. The molecule has 3 heterocycles. The third-order valence-corrected chi connectivity index (χ3v) is 5.51. The first-order chi connectivity index (χ1) is 14.5. The third-order valence-electron chi connectivity index (χ3n) is 5.51. The minimum atomic E-state index is -0.886. The Labute approximate surface area is 173 Å². The number of likely N-dealkylation sites (tertiary alicyclic amines) is 1. The van der Waals surface area contributed by atoms with Gasteiger partial charge in [0.1, 0.15) is 11.7 Å². The van der Waals surface area contributed by atoms with Crippen LogP contribution in [0, 0.1) is 0 Å².